The first-order valence-electron chi connectivity index (χ1n) is 7.52. The smallest absolute Gasteiger partial charge is 0.339 e. The summed E-state index contributed by atoms with van der Waals surface area (Å²) in [5.74, 6) is -0.373. The van der Waals surface area contributed by atoms with Crippen molar-refractivity contribution in [3.63, 3.8) is 0 Å². The van der Waals surface area contributed by atoms with Crippen LogP contribution in [0.5, 0.6) is 5.75 Å². The second-order valence-electron chi connectivity index (χ2n) is 6.17. The Balaban J connectivity index is 1.79. The minimum atomic E-state index is -3.56. The van der Waals surface area contributed by atoms with Gasteiger partial charge in [-0.25, -0.2) is 4.79 Å². The molecule has 23 heavy (non-hydrogen) atoms. The normalized spacial score (nSPS) is 25.0. The SMILES string of the molecule is COc1ccc([C@H](C)NS(=O)(=O)N2CC3CC2C3)cc1C(=O)O. The summed E-state index contributed by atoms with van der Waals surface area (Å²) >= 11 is 0. The van der Waals surface area contributed by atoms with Crippen LogP contribution in [0.15, 0.2) is 18.2 Å². The summed E-state index contributed by atoms with van der Waals surface area (Å²) in [6.07, 6.45) is 1.89. The Morgan fingerprint density at radius 1 is 1.43 bits per heavy atom. The number of carboxylic acid groups (broad SMARTS) is 1. The average molecular weight is 340 g/mol. The van der Waals surface area contributed by atoms with Crippen LogP contribution < -0.4 is 9.46 Å². The average Bonchev–Trinajstić information content (AvgIpc) is 3.07. The molecule has 0 unspecified atom stereocenters. The van der Waals surface area contributed by atoms with Gasteiger partial charge in [0.15, 0.2) is 0 Å². The van der Waals surface area contributed by atoms with Gasteiger partial charge in [-0.2, -0.15) is 17.4 Å². The van der Waals surface area contributed by atoms with E-state index in [9.17, 15) is 18.3 Å². The highest BCUT2D eigenvalue weighted by atomic mass is 32.2. The van der Waals surface area contributed by atoms with Gasteiger partial charge in [-0.05, 0) is 43.4 Å². The lowest BCUT2D eigenvalue weighted by Crippen LogP contribution is -2.43. The summed E-state index contributed by atoms with van der Waals surface area (Å²) in [4.78, 5) is 11.3. The number of hydrogen-bond acceptors (Lipinski definition) is 4. The van der Waals surface area contributed by atoms with E-state index < -0.39 is 22.2 Å². The van der Waals surface area contributed by atoms with Crippen LogP contribution in [0.1, 0.15) is 41.7 Å². The molecule has 2 aliphatic heterocycles. The Kier molecular flexibility index (Phi) is 4.07. The molecule has 0 radical (unpaired) electrons. The summed E-state index contributed by atoms with van der Waals surface area (Å²) in [5.41, 5.74) is 0.595. The molecule has 8 heteroatoms. The number of carbonyl (C=O) groups is 1. The van der Waals surface area contributed by atoms with Gasteiger partial charge in [0.25, 0.3) is 10.2 Å². The molecule has 4 rings (SSSR count). The Morgan fingerprint density at radius 2 is 2.13 bits per heavy atom. The van der Waals surface area contributed by atoms with Crippen molar-refractivity contribution in [2.45, 2.75) is 31.8 Å². The van der Waals surface area contributed by atoms with Crippen LogP contribution in [0.25, 0.3) is 0 Å². The summed E-state index contributed by atoms with van der Waals surface area (Å²) in [6, 6.07) is 4.24. The molecular formula is C15H20N2O5S. The van der Waals surface area contributed by atoms with Crippen LogP contribution >= 0.6 is 0 Å². The maximum atomic E-state index is 12.5. The van der Waals surface area contributed by atoms with Crippen molar-refractivity contribution in [3.8, 4) is 5.75 Å². The molecular weight excluding hydrogens is 320 g/mol. The number of aromatic carboxylic acids is 1. The Hall–Kier alpha value is -1.64. The highest BCUT2D eigenvalue weighted by Gasteiger charge is 2.48. The molecule has 1 saturated carbocycles. The zero-order valence-electron chi connectivity index (χ0n) is 13.0. The third-order valence-electron chi connectivity index (χ3n) is 4.64. The third kappa shape index (κ3) is 2.93. The molecule has 1 atom stereocenters. The number of benzene rings is 1. The number of hydrogen-bond donors (Lipinski definition) is 2. The Labute approximate surface area is 135 Å². The number of methoxy groups -OCH3 is 1. The fourth-order valence-electron chi connectivity index (χ4n) is 3.30. The lowest BCUT2D eigenvalue weighted by molar-refractivity contribution is 0.0693. The van der Waals surface area contributed by atoms with Gasteiger partial charge in [0, 0.05) is 18.6 Å². The quantitative estimate of drug-likeness (QED) is 0.816. The monoisotopic (exact) mass is 340 g/mol. The molecule has 2 bridgehead atoms. The van der Waals surface area contributed by atoms with E-state index in [0.717, 1.165) is 12.8 Å². The first kappa shape index (κ1) is 16.2. The molecule has 126 valence electrons. The van der Waals surface area contributed by atoms with Crippen molar-refractivity contribution in [2.24, 2.45) is 5.92 Å². The maximum absolute atomic E-state index is 12.5. The van der Waals surface area contributed by atoms with Crippen LogP contribution in [-0.2, 0) is 10.2 Å². The van der Waals surface area contributed by atoms with Gasteiger partial charge in [-0.1, -0.05) is 6.07 Å². The Morgan fingerprint density at radius 3 is 2.65 bits per heavy atom. The first-order valence-corrected chi connectivity index (χ1v) is 8.96. The zero-order chi connectivity index (χ0) is 16.8. The van der Waals surface area contributed by atoms with Crippen molar-refractivity contribution >= 4 is 16.2 Å². The van der Waals surface area contributed by atoms with E-state index >= 15 is 0 Å². The largest absolute Gasteiger partial charge is 0.496 e. The van der Waals surface area contributed by atoms with Gasteiger partial charge in [0.1, 0.15) is 11.3 Å². The van der Waals surface area contributed by atoms with E-state index in [0.29, 0.717) is 18.0 Å². The number of fused-ring (bicyclic) bond motifs is 1. The maximum Gasteiger partial charge on any atom is 0.339 e. The fourth-order valence-corrected chi connectivity index (χ4v) is 4.99. The van der Waals surface area contributed by atoms with Crippen molar-refractivity contribution in [3.05, 3.63) is 29.3 Å². The number of nitrogens with one attached hydrogen (secondary N) is 1. The van der Waals surface area contributed by atoms with Gasteiger partial charge >= 0.3 is 5.97 Å². The highest BCUT2D eigenvalue weighted by Crippen LogP contribution is 2.42. The predicted molar refractivity (Wildman–Crippen MR) is 83.6 cm³/mol. The second kappa shape index (κ2) is 5.77. The van der Waals surface area contributed by atoms with Gasteiger partial charge in [-0.3, -0.25) is 0 Å². The molecule has 0 amide bonds. The van der Waals surface area contributed by atoms with Crippen LogP contribution in [0.4, 0.5) is 0 Å². The lowest BCUT2D eigenvalue weighted by atomic mass is 9.87. The van der Waals surface area contributed by atoms with E-state index in [1.165, 1.54) is 23.5 Å². The van der Waals surface area contributed by atoms with Crippen LogP contribution in [-0.4, -0.2) is 43.5 Å². The molecule has 2 saturated heterocycles. The molecule has 0 aromatic heterocycles. The predicted octanol–water partition coefficient (Wildman–Crippen LogP) is 1.38. The van der Waals surface area contributed by atoms with E-state index in [1.807, 2.05) is 0 Å². The number of rotatable bonds is 6. The standard InChI is InChI=1S/C15H20N2O5S/c1-9(11-3-4-14(22-2)13(7-11)15(18)19)16-23(20,21)17-8-10-5-12(17)6-10/h3-4,7,9-10,12,16H,5-6,8H2,1-2H3,(H,18,19)/t9-,10?,12?/m0/s1. The topological polar surface area (TPSA) is 95.9 Å². The minimum Gasteiger partial charge on any atom is -0.496 e. The summed E-state index contributed by atoms with van der Waals surface area (Å²) in [6.45, 7) is 2.28. The van der Waals surface area contributed by atoms with Gasteiger partial charge in [0.2, 0.25) is 0 Å². The van der Waals surface area contributed by atoms with Crippen molar-refractivity contribution in [1.82, 2.24) is 9.03 Å². The lowest BCUT2D eigenvalue weighted by Gasteiger charge is -2.27. The number of ether oxygens (including phenoxy) is 1. The number of carboxylic acids is 1. The summed E-state index contributed by atoms with van der Waals surface area (Å²) < 4.78 is 34.1. The third-order valence-corrected chi connectivity index (χ3v) is 6.36. The Bertz CT molecular complexity index is 727. The molecule has 2 N–H and O–H groups in total. The molecule has 3 fully saturated rings. The van der Waals surface area contributed by atoms with Crippen molar-refractivity contribution < 1.29 is 23.1 Å². The van der Waals surface area contributed by atoms with Gasteiger partial charge < -0.3 is 9.84 Å². The molecule has 3 aliphatic rings. The van der Waals surface area contributed by atoms with Crippen LogP contribution in [0, 0.1) is 5.92 Å². The van der Waals surface area contributed by atoms with Gasteiger partial charge in [-0.15, -0.1) is 0 Å². The van der Waals surface area contributed by atoms with Crippen LogP contribution in [0.2, 0.25) is 0 Å². The number of nitrogens with zero attached hydrogens (tertiary/aromatic N) is 1. The van der Waals surface area contributed by atoms with Crippen LogP contribution in [0.3, 0.4) is 0 Å². The van der Waals surface area contributed by atoms with Crippen molar-refractivity contribution in [1.29, 1.82) is 0 Å². The van der Waals surface area contributed by atoms with E-state index in [1.54, 1.807) is 13.0 Å². The molecule has 1 aromatic rings. The molecule has 0 spiro atoms. The minimum absolute atomic E-state index is 0.0134. The summed E-state index contributed by atoms with van der Waals surface area (Å²) in [7, 11) is -2.16. The molecule has 1 aromatic carbocycles. The van der Waals surface area contributed by atoms with E-state index in [-0.39, 0.29) is 17.4 Å². The van der Waals surface area contributed by atoms with Gasteiger partial charge in [0.05, 0.1) is 7.11 Å². The van der Waals surface area contributed by atoms with Crippen molar-refractivity contribution in [2.75, 3.05) is 13.7 Å². The first-order chi connectivity index (χ1) is 10.8. The highest BCUT2D eigenvalue weighted by molar-refractivity contribution is 7.87. The van der Waals surface area contributed by atoms with E-state index in [2.05, 4.69) is 4.72 Å². The molecule has 1 aliphatic carbocycles. The van der Waals surface area contributed by atoms with E-state index in [4.69, 9.17) is 4.74 Å². The zero-order valence-corrected chi connectivity index (χ0v) is 13.8. The second-order valence-corrected chi connectivity index (χ2v) is 7.83. The molecule has 7 nitrogen and oxygen atoms in total. The summed E-state index contributed by atoms with van der Waals surface area (Å²) in [5, 5.41) is 9.22. The fraction of sp³-hybridized carbons (Fsp3) is 0.533. The molecule has 2 heterocycles.